The second kappa shape index (κ2) is 10.5. The molecule has 3 aromatic rings. The van der Waals surface area contributed by atoms with Gasteiger partial charge in [-0.05, 0) is 43.7 Å². The predicted octanol–water partition coefficient (Wildman–Crippen LogP) is 1.96. The van der Waals surface area contributed by atoms with E-state index in [1.54, 1.807) is 24.3 Å². The molecule has 3 heterocycles. The van der Waals surface area contributed by atoms with Crippen LogP contribution in [0.15, 0.2) is 42.1 Å². The molecule has 1 aromatic carbocycles. The number of aromatic nitrogens is 2. The number of hydrogen-bond acceptors (Lipinski definition) is 9. The SMILES string of the molecule is CN1CCn2nc(N/C(=C/C(=N)c3cccc(NC(=O)c4cc5c(s4)CCC5O)c3CO)C(N)=O)cc2C1. The number of allylic oxidation sites excluding steroid dienone is 1. The highest BCUT2D eigenvalue weighted by atomic mass is 32.1. The van der Waals surface area contributed by atoms with E-state index in [0.717, 1.165) is 42.2 Å². The normalized spacial score (nSPS) is 17.1. The summed E-state index contributed by atoms with van der Waals surface area (Å²) >= 11 is 1.34. The maximum atomic E-state index is 12.9. The highest BCUT2D eigenvalue weighted by Gasteiger charge is 2.26. The zero-order valence-electron chi connectivity index (χ0n) is 20.8. The molecule has 0 fully saturated rings. The molecule has 1 atom stereocenters. The van der Waals surface area contributed by atoms with Crippen LogP contribution < -0.4 is 16.4 Å². The molecule has 0 saturated heterocycles. The van der Waals surface area contributed by atoms with Crippen LogP contribution in [0.1, 0.15) is 49.5 Å². The molecular formula is C26H29N7O4S. The van der Waals surface area contributed by atoms with Gasteiger partial charge in [-0.2, -0.15) is 5.10 Å². The van der Waals surface area contributed by atoms with E-state index in [1.807, 2.05) is 17.8 Å². The van der Waals surface area contributed by atoms with E-state index < -0.39 is 18.6 Å². The van der Waals surface area contributed by atoms with Gasteiger partial charge in [0, 0.05) is 40.8 Å². The lowest BCUT2D eigenvalue weighted by Crippen LogP contribution is -2.30. The maximum absolute atomic E-state index is 12.9. The molecular weight excluding hydrogens is 506 g/mol. The Labute approximate surface area is 223 Å². The summed E-state index contributed by atoms with van der Waals surface area (Å²) in [6, 6.07) is 8.46. The van der Waals surface area contributed by atoms with E-state index in [0.29, 0.717) is 33.9 Å². The number of rotatable bonds is 8. The van der Waals surface area contributed by atoms with Gasteiger partial charge in [0.15, 0.2) is 5.82 Å². The van der Waals surface area contributed by atoms with Crippen LogP contribution in [-0.4, -0.2) is 56.0 Å². The van der Waals surface area contributed by atoms with Gasteiger partial charge >= 0.3 is 0 Å². The van der Waals surface area contributed by atoms with Crippen molar-refractivity contribution in [2.45, 2.75) is 38.6 Å². The van der Waals surface area contributed by atoms with Crippen LogP contribution in [0.3, 0.4) is 0 Å². The van der Waals surface area contributed by atoms with E-state index >= 15 is 0 Å². The number of amides is 2. The van der Waals surface area contributed by atoms with Crippen molar-refractivity contribution >= 4 is 40.4 Å². The first-order chi connectivity index (χ1) is 18.2. The van der Waals surface area contributed by atoms with Crippen molar-refractivity contribution in [1.82, 2.24) is 14.7 Å². The number of benzene rings is 1. The lowest BCUT2D eigenvalue weighted by Gasteiger charge is -2.22. The predicted molar refractivity (Wildman–Crippen MR) is 144 cm³/mol. The van der Waals surface area contributed by atoms with Crippen molar-refractivity contribution in [1.29, 1.82) is 5.41 Å². The fraction of sp³-hybridized carbons (Fsp3) is 0.308. The highest BCUT2D eigenvalue weighted by molar-refractivity contribution is 7.14. The molecule has 38 heavy (non-hydrogen) atoms. The van der Waals surface area contributed by atoms with Gasteiger partial charge in [-0.1, -0.05) is 12.1 Å². The zero-order valence-corrected chi connectivity index (χ0v) is 21.6. The molecule has 11 nitrogen and oxygen atoms in total. The molecule has 5 rings (SSSR count). The largest absolute Gasteiger partial charge is 0.392 e. The Morgan fingerprint density at radius 2 is 2.11 bits per heavy atom. The second-order valence-corrected chi connectivity index (χ2v) is 10.6. The fourth-order valence-electron chi connectivity index (χ4n) is 4.75. The summed E-state index contributed by atoms with van der Waals surface area (Å²) < 4.78 is 1.87. The number of likely N-dealkylation sites (N-methyl/N-ethyl adjacent to an activating group) is 1. The Morgan fingerprint density at radius 3 is 2.84 bits per heavy atom. The lowest BCUT2D eigenvalue weighted by atomic mass is 10.0. The van der Waals surface area contributed by atoms with E-state index in [2.05, 4.69) is 20.6 Å². The van der Waals surface area contributed by atoms with Crippen molar-refractivity contribution in [3.8, 4) is 0 Å². The molecule has 2 aliphatic rings. The number of aryl methyl sites for hydroxylation is 1. The summed E-state index contributed by atoms with van der Waals surface area (Å²) in [5, 5.41) is 39.1. The Kier molecular flexibility index (Phi) is 7.13. The van der Waals surface area contributed by atoms with Crippen LogP contribution in [0, 0.1) is 5.41 Å². The van der Waals surface area contributed by atoms with Crippen molar-refractivity contribution in [3.05, 3.63) is 74.2 Å². The number of anilines is 2. The van der Waals surface area contributed by atoms with Gasteiger partial charge < -0.3 is 32.0 Å². The number of primary amides is 1. The Morgan fingerprint density at radius 1 is 1.29 bits per heavy atom. The molecule has 2 aromatic heterocycles. The minimum absolute atomic E-state index is 0.0243. The number of fused-ring (bicyclic) bond motifs is 2. The number of aliphatic hydroxyl groups is 2. The monoisotopic (exact) mass is 535 g/mol. The summed E-state index contributed by atoms with van der Waals surface area (Å²) in [7, 11) is 2.02. The third kappa shape index (κ3) is 5.11. The summed E-state index contributed by atoms with van der Waals surface area (Å²) in [4.78, 5) is 28.8. The van der Waals surface area contributed by atoms with Crippen LogP contribution in [-0.2, 0) is 30.9 Å². The molecule has 7 N–H and O–H groups in total. The van der Waals surface area contributed by atoms with Gasteiger partial charge in [0.25, 0.3) is 11.8 Å². The molecule has 1 aliphatic heterocycles. The van der Waals surface area contributed by atoms with Crippen molar-refractivity contribution in [3.63, 3.8) is 0 Å². The zero-order chi connectivity index (χ0) is 27.0. The topological polar surface area (TPSA) is 170 Å². The Balaban J connectivity index is 1.37. The molecule has 0 spiro atoms. The van der Waals surface area contributed by atoms with Crippen molar-refractivity contribution < 1.29 is 19.8 Å². The minimum Gasteiger partial charge on any atom is -0.392 e. The van der Waals surface area contributed by atoms with E-state index in [-0.39, 0.29) is 17.3 Å². The van der Waals surface area contributed by atoms with E-state index in [1.165, 1.54) is 17.4 Å². The van der Waals surface area contributed by atoms with E-state index in [4.69, 9.17) is 11.1 Å². The van der Waals surface area contributed by atoms with Gasteiger partial charge in [-0.3, -0.25) is 19.2 Å². The lowest BCUT2D eigenvalue weighted by molar-refractivity contribution is -0.114. The summed E-state index contributed by atoms with van der Waals surface area (Å²) in [6.45, 7) is 1.88. The number of thiophene rings is 1. The number of nitrogens with zero attached hydrogens (tertiary/aromatic N) is 3. The van der Waals surface area contributed by atoms with Crippen LogP contribution >= 0.6 is 11.3 Å². The third-order valence-electron chi connectivity index (χ3n) is 6.75. The van der Waals surface area contributed by atoms with Gasteiger partial charge in [0.2, 0.25) is 0 Å². The Bertz CT molecular complexity index is 1460. The summed E-state index contributed by atoms with van der Waals surface area (Å²) in [6.07, 6.45) is 2.15. The maximum Gasteiger partial charge on any atom is 0.265 e. The van der Waals surface area contributed by atoms with Crippen LogP contribution in [0.2, 0.25) is 0 Å². The molecule has 1 aliphatic carbocycles. The van der Waals surface area contributed by atoms with Gasteiger partial charge in [0.1, 0.15) is 5.70 Å². The highest BCUT2D eigenvalue weighted by Crippen LogP contribution is 2.37. The molecule has 0 bridgehead atoms. The van der Waals surface area contributed by atoms with Crippen LogP contribution in [0.25, 0.3) is 0 Å². The fourth-order valence-corrected chi connectivity index (χ4v) is 5.88. The molecule has 0 radical (unpaired) electrons. The number of carbonyl (C=O) groups excluding carboxylic acids is 2. The van der Waals surface area contributed by atoms with Gasteiger partial charge in [0.05, 0.1) is 35.5 Å². The smallest absolute Gasteiger partial charge is 0.265 e. The van der Waals surface area contributed by atoms with E-state index in [9.17, 15) is 19.8 Å². The number of hydrogen-bond donors (Lipinski definition) is 6. The average molecular weight is 536 g/mol. The van der Waals surface area contributed by atoms with Crippen molar-refractivity contribution in [2.24, 2.45) is 5.73 Å². The van der Waals surface area contributed by atoms with Gasteiger partial charge in [-0.15, -0.1) is 11.3 Å². The number of aliphatic hydroxyl groups excluding tert-OH is 2. The number of nitrogens with two attached hydrogens (primary N) is 1. The Hall–Kier alpha value is -3.84. The summed E-state index contributed by atoms with van der Waals surface area (Å²) in [5.74, 6) is -0.676. The molecule has 1 unspecified atom stereocenters. The first-order valence-corrected chi connectivity index (χ1v) is 13.0. The first kappa shape index (κ1) is 25.8. The quantitative estimate of drug-likeness (QED) is 0.189. The van der Waals surface area contributed by atoms with Crippen molar-refractivity contribution in [2.75, 3.05) is 24.2 Å². The average Bonchev–Trinajstić information content (AvgIpc) is 3.58. The second-order valence-electron chi connectivity index (χ2n) is 9.43. The molecule has 198 valence electrons. The molecule has 0 saturated carbocycles. The van der Waals surface area contributed by atoms with Crippen LogP contribution in [0.4, 0.5) is 11.5 Å². The minimum atomic E-state index is -0.763. The number of carbonyl (C=O) groups is 2. The van der Waals surface area contributed by atoms with Gasteiger partial charge in [-0.25, -0.2) is 0 Å². The van der Waals surface area contributed by atoms with Crippen LogP contribution in [0.5, 0.6) is 0 Å². The molecule has 12 heteroatoms. The third-order valence-corrected chi connectivity index (χ3v) is 7.96. The summed E-state index contributed by atoms with van der Waals surface area (Å²) in [5.41, 5.74) is 8.29. The number of nitrogens with one attached hydrogen (secondary N) is 3. The first-order valence-electron chi connectivity index (χ1n) is 12.2. The standard InChI is InChI=1S/C26H29N7O4S/c1-32-7-8-33-14(12-32)9-24(31-33)29-20(25(28)36)11-18(27)15-3-2-4-19(17(15)13-34)30-26(37)23-10-16-21(35)5-6-22(16)38-23/h2-4,9-11,21,27,34-35H,5-8,12-13H2,1H3,(H2,28,36)(H,29,31)(H,30,37)/b20-11+,27-18?. The molecule has 2 amide bonds.